The van der Waals surface area contributed by atoms with Gasteiger partial charge in [-0.2, -0.15) is 0 Å². The fourth-order valence-electron chi connectivity index (χ4n) is 3.04. The molecule has 1 aliphatic heterocycles. The molecule has 0 unspecified atom stereocenters. The van der Waals surface area contributed by atoms with Crippen LogP contribution in [0.15, 0.2) is 29.2 Å². The van der Waals surface area contributed by atoms with E-state index >= 15 is 0 Å². The number of sulfonamides is 1. The minimum Gasteiger partial charge on any atom is -0.491 e. The summed E-state index contributed by atoms with van der Waals surface area (Å²) >= 11 is 0. The van der Waals surface area contributed by atoms with Crippen molar-refractivity contribution >= 4 is 10.0 Å². The fourth-order valence-corrected chi connectivity index (χ4v) is 4.20. The maximum absolute atomic E-state index is 12.6. The van der Waals surface area contributed by atoms with E-state index in [1.165, 1.54) is 0 Å². The molecule has 1 saturated heterocycles. The standard InChI is InChI=1S/C18H30N2O5S/c1-3-24-12-13-25-16-4-6-17(7-5-16)26(21,22)20-14-18(15-23-2)8-10-19-11-9-18/h4-7,19-20H,3,8-15H2,1-2H3. The molecule has 0 radical (unpaired) electrons. The highest BCUT2D eigenvalue weighted by atomic mass is 32.2. The summed E-state index contributed by atoms with van der Waals surface area (Å²) in [6, 6.07) is 6.44. The Labute approximate surface area is 156 Å². The third-order valence-electron chi connectivity index (χ3n) is 4.59. The molecule has 7 nitrogen and oxygen atoms in total. The normalized spacial score (nSPS) is 17.2. The lowest BCUT2D eigenvalue weighted by Gasteiger charge is -2.37. The molecular weight excluding hydrogens is 356 g/mol. The number of rotatable bonds is 11. The maximum atomic E-state index is 12.6. The molecule has 0 saturated carbocycles. The van der Waals surface area contributed by atoms with E-state index in [0.29, 0.717) is 38.7 Å². The summed E-state index contributed by atoms with van der Waals surface area (Å²) in [5.74, 6) is 0.623. The largest absolute Gasteiger partial charge is 0.491 e. The van der Waals surface area contributed by atoms with Crippen LogP contribution in [0.3, 0.4) is 0 Å². The summed E-state index contributed by atoms with van der Waals surface area (Å²) in [4.78, 5) is 0.233. The maximum Gasteiger partial charge on any atom is 0.240 e. The highest BCUT2D eigenvalue weighted by molar-refractivity contribution is 7.89. The van der Waals surface area contributed by atoms with Crippen LogP contribution in [0.5, 0.6) is 5.75 Å². The lowest BCUT2D eigenvalue weighted by atomic mass is 9.80. The van der Waals surface area contributed by atoms with Gasteiger partial charge in [0, 0.05) is 25.7 Å². The molecule has 1 aliphatic rings. The van der Waals surface area contributed by atoms with Crippen molar-refractivity contribution in [2.24, 2.45) is 5.41 Å². The summed E-state index contributed by atoms with van der Waals surface area (Å²) < 4.78 is 44.0. The average molecular weight is 387 g/mol. The SMILES string of the molecule is CCOCCOc1ccc(S(=O)(=O)NCC2(COC)CCNCC2)cc1. The van der Waals surface area contributed by atoms with Crippen molar-refractivity contribution in [2.75, 3.05) is 53.2 Å². The van der Waals surface area contributed by atoms with Crippen LogP contribution in [0.25, 0.3) is 0 Å². The van der Waals surface area contributed by atoms with Gasteiger partial charge >= 0.3 is 0 Å². The lowest BCUT2D eigenvalue weighted by molar-refractivity contribution is 0.0577. The van der Waals surface area contributed by atoms with Gasteiger partial charge < -0.3 is 19.5 Å². The highest BCUT2D eigenvalue weighted by Gasteiger charge is 2.33. The Kier molecular flexibility index (Phi) is 8.30. The van der Waals surface area contributed by atoms with Crippen molar-refractivity contribution in [3.63, 3.8) is 0 Å². The van der Waals surface area contributed by atoms with Gasteiger partial charge in [-0.3, -0.25) is 0 Å². The van der Waals surface area contributed by atoms with Crippen molar-refractivity contribution in [1.29, 1.82) is 0 Å². The van der Waals surface area contributed by atoms with Crippen LogP contribution in [0.2, 0.25) is 0 Å². The molecule has 26 heavy (non-hydrogen) atoms. The Morgan fingerprint density at radius 1 is 1.15 bits per heavy atom. The molecule has 0 atom stereocenters. The van der Waals surface area contributed by atoms with Gasteiger partial charge in [-0.25, -0.2) is 13.1 Å². The van der Waals surface area contributed by atoms with Gasteiger partial charge in [-0.15, -0.1) is 0 Å². The van der Waals surface area contributed by atoms with Crippen molar-refractivity contribution in [3.05, 3.63) is 24.3 Å². The number of nitrogens with one attached hydrogen (secondary N) is 2. The molecule has 0 bridgehead atoms. The molecule has 1 aromatic rings. The first-order chi connectivity index (χ1) is 12.5. The number of methoxy groups -OCH3 is 1. The van der Waals surface area contributed by atoms with E-state index in [9.17, 15) is 8.42 Å². The molecule has 1 heterocycles. The van der Waals surface area contributed by atoms with Gasteiger partial charge in [0.25, 0.3) is 0 Å². The smallest absolute Gasteiger partial charge is 0.240 e. The molecular formula is C18H30N2O5S. The second kappa shape index (κ2) is 10.2. The first-order valence-corrected chi connectivity index (χ1v) is 10.5. The Hall–Kier alpha value is -1.19. The van der Waals surface area contributed by atoms with Crippen LogP contribution in [0, 0.1) is 5.41 Å². The molecule has 0 spiro atoms. The van der Waals surface area contributed by atoms with E-state index in [0.717, 1.165) is 25.9 Å². The monoisotopic (exact) mass is 386 g/mol. The van der Waals surface area contributed by atoms with Gasteiger partial charge in [0.1, 0.15) is 12.4 Å². The van der Waals surface area contributed by atoms with Crippen LogP contribution in [0.4, 0.5) is 0 Å². The fraction of sp³-hybridized carbons (Fsp3) is 0.667. The van der Waals surface area contributed by atoms with Crippen molar-refractivity contribution in [2.45, 2.75) is 24.7 Å². The predicted octanol–water partition coefficient (Wildman–Crippen LogP) is 1.40. The highest BCUT2D eigenvalue weighted by Crippen LogP contribution is 2.29. The number of hydrogen-bond donors (Lipinski definition) is 2. The van der Waals surface area contributed by atoms with E-state index in [-0.39, 0.29) is 10.3 Å². The Balaban J connectivity index is 1.94. The van der Waals surface area contributed by atoms with E-state index in [4.69, 9.17) is 14.2 Å². The van der Waals surface area contributed by atoms with Crippen molar-refractivity contribution in [1.82, 2.24) is 10.0 Å². The third kappa shape index (κ3) is 6.21. The van der Waals surface area contributed by atoms with Crippen LogP contribution in [-0.2, 0) is 19.5 Å². The van der Waals surface area contributed by atoms with Gasteiger partial charge in [-0.1, -0.05) is 0 Å². The number of ether oxygens (including phenoxy) is 3. The third-order valence-corrected chi connectivity index (χ3v) is 6.00. The van der Waals surface area contributed by atoms with Crippen molar-refractivity contribution in [3.8, 4) is 5.75 Å². The average Bonchev–Trinajstić information content (AvgIpc) is 2.65. The van der Waals surface area contributed by atoms with E-state index < -0.39 is 10.0 Å². The summed E-state index contributed by atoms with van der Waals surface area (Å²) in [7, 11) is -1.91. The molecule has 0 amide bonds. The zero-order valence-corrected chi connectivity index (χ0v) is 16.4. The van der Waals surface area contributed by atoms with Crippen LogP contribution in [0.1, 0.15) is 19.8 Å². The predicted molar refractivity (Wildman–Crippen MR) is 100 cm³/mol. The zero-order chi connectivity index (χ0) is 18.9. The Morgan fingerprint density at radius 3 is 2.46 bits per heavy atom. The van der Waals surface area contributed by atoms with Gasteiger partial charge in [0.15, 0.2) is 0 Å². The van der Waals surface area contributed by atoms with E-state index in [2.05, 4.69) is 10.0 Å². The quantitative estimate of drug-likeness (QED) is 0.559. The Morgan fingerprint density at radius 2 is 1.85 bits per heavy atom. The molecule has 0 aliphatic carbocycles. The van der Waals surface area contributed by atoms with Gasteiger partial charge in [0.2, 0.25) is 10.0 Å². The number of benzene rings is 1. The number of hydrogen-bond acceptors (Lipinski definition) is 6. The summed E-state index contributed by atoms with van der Waals surface area (Å²) in [6.07, 6.45) is 1.77. The van der Waals surface area contributed by atoms with Crippen LogP contribution < -0.4 is 14.8 Å². The number of piperidine rings is 1. The molecule has 0 aromatic heterocycles. The topological polar surface area (TPSA) is 85.9 Å². The lowest BCUT2D eigenvalue weighted by Crippen LogP contribution is -2.47. The van der Waals surface area contributed by atoms with Gasteiger partial charge in [0.05, 0.1) is 18.1 Å². The summed E-state index contributed by atoms with van der Waals surface area (Å²) in [5, 5.41) is 3.30. The van der Waals surface area contributed by atoms with Crippen LogP contribution >= 0.6 is 0 Å². The molecule has 2 N–H and O–H groups in total. The second-order valence-electron chi connectivity index (χ2n) is 6.52. The first-order valence-electron chi connectivity index (χ1n) is 9.01. The summed E-state index contributed by atoms with van der Waals surface area (Å²) in [5.41, 5.74) is -0.157. The molecule has 148 valence electrons. The molecule has 1 fully saturated rings. The van der Waals surface area contributed by atoms with Crippen LogP contribution in [-0.4, -0.2) is 61.6 Å². The van der Waals surface area contributed by atoms with Crippen molar-refractivity contribution < 1.29 is 22.6 Å². The Bertz CT molecular complexity index is 622. The second-order valence-corrected chi connectivity index (χ2v) is 8.29. The molecule has 2 rings (SSSR count). The molecule has 1 aromatic carbocycles. The molecule has 8 heteroatoms. The minimum absolute atomic E-state index is 0.157. The first kappa shape index (κ1) is 21.1. The van der Waals surface area contributed by atoms with E-state index in [1.807, 2.05) is 6.92 Å². The summed E-state index contributed by atoms with van der Waals surface area (Å²) in [6.45, 7) is 6.18. The zero-order valence-electron chi connectivity index (χ0n) is 15.6. The van der Waals surface area contributed by atoms with Gasteiger partial charge in [-0.05, 0) is 57.1 Å². The minimum atomic E-state index is -3.57. The van der Waals surface area contributed by atoms with E-state index in [1.54, 1.807) is 31.4 Å².